The molecule has 2 aliphatic rings. The molecule has 0 aliphatic carbocycles. The van der Waals surface area contributed by atoms with Crippen LogP contribution in [-0.2, 0) is 19.9 Å². The Kier molecular flexibility index (Phi) is 11.3. The lowest BCUT2D eigenvalue weighted by atomic mass is 10.0. The van der Waals surface area contributed by atoms with Crippen LogP contribution in [0.2, 0.25) is 0 Å². The van der Waals surface area contributed by atoms with E-state index in [0.717, 1.165) is 60.1 Å². The average Bonchev–Trinajstić information content (AvgIpc) is 3.80. The molecule has 1 fully saturated rings. The molecule has 2 aromatic heterocycles. The van der Waals surface area contributed by atoms with E-state index in [1.807, 2.05) is 36.4 Å². The second-order valence-electron chi connectivity index (χ2n) is 13.0. The molecule has 2 unspecified atom stereocenters. The van der Waals surface area contributed by atoms with Gasteiger partial charge >= 0.3 is 0 Å². The Bertz CT molecular complexity index is 2100. The summed E-state index contributed by atoms with van der Waals surface area (Å²) in [4.78, 5) is 19.1. The first-order chi connectivity index (χ1) is 24.3. The molecule has 12 nitrogen and oxygen atoms in total. The summed E-state index contributed by atoms with van der Waals surface area (Å²) in [5, 5.41) is 4.91. The SMILES string of the molecule is COc1cc(N2CCN(CCS(C)(=O)=O)CC2)c(C)cc1Nc1nccc(C2SC(C(C)C)N=C2c2cccc(NS(=O)(=O)c3cccs3)c2)n1. The molecular weight excluding hydrogens is 727 g/mol. The molecule has 2 N–H and O–H groups in total. The molecule has 0 saturated carbocycles. The van der Waals surface area contributed by atoms with Gasteiger partial charge in [-0.15, -0.1) is 23.1 Å². The Morgan fingerprint density at radius 3 is 2.49 bits per heavy atom. The average molecular weight is 770 g/mol. The second-order valence-corrected chi connectivity index (χ2v) is 19.4. The van der Waals surface area contributed by atoms with Gasteiger partial charge < -0.3 is 15.0 Å². The predicted molar refractivity (Wildman–Crippen MR) is 208 cm³/mol. The number of aliphatic imine (C=N–C) groups is 1. The van der Waals surface area contributed by atoms with E-state index in [9.17, 15) is 16.8 Å². The number of rotatable bonds is 13. The van der Waals surface area contributed by atoms with E-state index >= 15 is 0 Å². The molecule has 0 amide bonds. The zero-order chi connectivity index (χ0) is 36.3. The number of sulfone groups is 1. The van der Waals surface area contributed by atoms with Crippen molar-refractivity contribution in [1.29, 1.82) is 0 Å². The van der Waals surface area contributed by atoms with E-state index in [-0.39, 0.29) is 26.5 Å². The van der Waals surface area contributed by atoms with Crippen LogP contribution in [0, 0.1) is 12.8 Å². The fourth-order valence-electron chi connectivity index (χ4n) is 6.04. The molecule has 272 valence electrons. The number of thioether (sulfide) groups is 1. The van der Waals surface area contributed by atoms with Gasteiger partial charge in [0.2, 0.25) is 5.95 Å². The molecule has 6 rings (SSSR count). The van der Waals surface area contributed by atoms with Crippen molar-refractivity contribution in [3.05, 3.63) is 83.0 Å². The Morgan fingerprint density at radius 2 is 1.80 bits per heavy atom. The summed E-state index contributed by atoms with van der Waals surface area (Å²) in [6.07, 6.45) is 3.01. The third kappa shape index (κ3) is 9.03. The van der Waals surface area contributed by atoms with E-state index in [2.05, 4.69) is 45.6 Å². The first-order valence-electron chi connectivity index (χ1n) is 16.6. The number of nitrogens with zero attached hydrogens (tertiary/aromatic N) is 5. The van der Waals surface area contributed by atoms with Crippen LogP contribution in [0.15, 0.2) is 75.4 Å². The first-order valence-corrected chi connectivity index (χ1v) is 22.0. The number of benzene rings is 2. The number of methoxy groups -OCH3 is 1. The molecule has 16 heteroatoms. The minimum absolute atomic E-state index is 0.000297. The zero-order valence-electron chi connectivity index (χ0n) is 29.2. The van der Waals surface area contributed by atoms with Crippen molar-refractivity contribution < 1.29 is 21.6 Å². The highest BCUT2D eigenvalue weighted by molar-refractivity contribution is 8.01. The van der Waals surface area contributed by atoms with Gasteiger partial charge in [0.25, 0.3) is 10.0 Å². The van der Waals surface area contributed by atoms with Gasteiger partial charge in [-0.05, 0) is 59.7 Å². The maximum atomic E-state index is 12.9. The number of ether oxygens (including phenoxy) is 1. The van der Waals surface area contributed by atoms with Crippen LogP contribution < -0.4 is 19.7 Å². The van der Waals surface area contributed by atoms with E-state index in [1.165, 1.54) is 17.6 Å². The maximum Gasteiger partial charge on any atom is 0.271 e. The van der Waals surface area contributed by atoms with Crippen LogP contribution in [0.4, 0.5) is 23.0 Å². The quantitative estimate of drug-likeness (QED) is 0.170. The second kappa shape index (κ2) is 15.5. The molecule has 0 radical (unpaired) electrons. The number of nitrogens with one attached hydrogen (secondary N) is 2. The van der Waals surface area contributed by atoms with Gasteiger partial charge in [-0.25, -0.2) is 26.8 Å². The first kappa shape index (κ1) is 37.1. The number of anilines is 4. The van der Waals surface area contributed by atoms with Crippen LogP contribution in [0.3, 0.4) is 0 Å². The van der Waals surface area contributed by atoms with Crippen molar-refractivity contribution >= 4 is 71.7 Å². The van der Waals surface area contributed by atoms with E-state index in [1.54, 1.807) is 48.6 Å². The number of sulfonamides is 1. The Balaban J connectivity index is 1.20. The minimum atomic E-state index is -3.70. The molecule has 4 aromatic rings. The van der Waals surface area contributed by atoms with Crippen molar-refractivity contribution in [2.24, 2.45) is 10.9 Å². The molecule has 1 saturated heterocycles. The third-order valence-corrected chi connectivity index (χ3v) is 14.1. The molecule has 2 aromatic carbocycles. The summed E-state index contributed by atoms with van der Waals surface area (Å²) in [5.74, 6) is 1.52. The normalized spacial score (nSPS) is 18.5. The molecule has 2 atom stereocenters. The highest BCUT2D eigenvalue weighted by Gasteiger charge is 2.34. The largest absolute Gasteiger partial charge is 0.494 e. The van der Waals surface area contributed by atoms with Gasteiger partial charge in [0.05, 0.1) is 40.6 Å². The summed E-state index contributed by atoms with van der Waals surface area (Å²) in [7, 11) is -5.06. The van der Waals surface area contributed by atoms with Crippen molar-refractivity contribution in [2.45, 2.75) is 35.6 Å². The third-order valence-electron chi connectivity index (χ3n) is 8.73. The van der Waals surface area contributed by atoms with Crippen molar-refractivity contribution in [2.75, 3.05) is 66.8 Å². The van der Waals surface area contributed by atoms with Gasteiger partial charge in [0, 0.05) is 62.6 Å². The highest BCUT2D eigenvalue weighted by atomic mass is 32.2. The molecule has 0 spiro atoms. The predicted octanol–water partition coefficient (Wildman–Crippen LogP) is 5.83. The lowest BCUT2D eigenvalue weighted by Crippen LogP contribution is -2.47. The monoisotopic (exact) mass is 769 g/mol. The lowest BCUT2D eigenvalue weighted by molar-refractivity contribution is 0.272. The van der Waals surface area contributed by atoms with E-state index in [4.69, 9.17) is 14.7 Å². The minimum Gasteiger partial charge on any atom is -0.494 e. The number of aromatic nitrogens is 2. The van der Waals surface area contributed by atoms with Crippen molar-refractivity contribution in [3.8, 4) is 5.75 Å². The van der Waals surface area contributed by atoms with Gasteiger partial charge in [0.1, 0.15) is 19.8 Å². The smallest absolute Gasteiger partial charge is 0.271 e. The van der Waals surface area contributed by atoms with Crippen LogP contribution in [-0.4, -0.2) is 94.6 Å². The summed E-state index contributed by atoms with van der Waals surface area (Å²) < 4.78 is 57.9. The highest BCUT2D eigenvalue weighted by Crippen LogP contribution is 2.44. The topological polar surface area (TPSA) is 146 Å². The zero-order valence-corrected chi connectivity index (χ0v) is 32.5. The number of piperazine rings is 1. The van der Waals surface area contributed by atoms with Crippen LogP contribution >= 0.6 is 23.1 Å². The van der Waals surface area contributed by atoms with Crippen LogP contribution in [0.25, 0.3) is 0 Å². The Morgan fingerprint density at radius 1 is 1.02 bits per heavy atom. The summed E-state index contributed by atoms with van der Waals surface area (Å²) in [5.41, 5.74) is 5.76. The lowest BCUT2D eigenvalue weighted by Gasteiger charge is -2.37. The number of aryl methyl sites for hydroxylation is 1. The van der Waals surface area contributed by atoms with E-state index in [0.29, 0.717) is 23.9 Å². The number of hydrogen-bond donors (Lipinski definition) is 2. The fourth-order valence-corrected chi connectivity index (χ4v) is 10.0. The molecular formula is C35H43N7O5S4. The summed E-state index contributed by atoms with van der Waals surface area (Å²) in [6, 6.07) is 16.6. The maximum absolute atomic E-state index is 12.9. The molecule has 51 heavy (non-hydrogen) atoms. The molecule has 2 aliphatic heterocycles. The molecule has 4 heterocycles. The van der Waals surface area contributed by atoms with Gasteiger partial charge in [-0.3, -0.25) is 14.6 Å². The van der Waals surface area contributed by atoms with Crippen molar-refractivity contribution in [3.63, 3.8) is 0 Å². The summed E-state index contributed by atoms with van der Waals surface area (Å²) in [6.45, 7) is 10.0. The van der Waals surface area contributed by atoms with E-state index < -0.39 is 19.9 Å². The number of thiophene rings is 1. The number of hydrogen-bond acceptors (Lipinski definition) is 13. The fraction of sp³-hybridized carbons (Fsp3) is 0.400. The van der Waals surface area contributed by atoms with Gasteiger partial charge in [-0.1, -0.05) is 32.0 Å². The Labute approximate surface area is 308 Å². The van der Waals surface area contributed by atoms with Crippen molar-refractivity contribution in [1.82, 2.24) is 14.9 Å². The van der Waals surface area contributed by atoms with Gasteiger partial charge in [0.15, 0.2) is 0 Å². The van der Waals surface area contributed by atoms with Gasteiger partial charge in [-0.2, -0.15) is 0 Å². The standard InChI is InChI=1S/C35H43N7O5S4/c1-23(2)34-39-32(25-8-6-9-26(21-25)40-51(45,46)31-10-7-18-48-31)33(49-34)27-11-12-36-35(37-27)38-28-20-24(3)29(22-30(28)47-4)42-15-13-41(14-16-42)17-19-50(5,43)44/h6-12,18,20-23,33-34,40H,13-17,19H2,1-5H3,(H,36,37,38). The summed E-state index contributed by atoms with van der Waals surface area (Å²) >= 11 is 2.89. The van der Waals surface area contributed by atoms with Crippen LogP contribution in [0.1, 0.15) is 35.9 Å². The Hall–Kier alpha value is -3.70. The van der Waals surface area contributed by atoms with Crippen LogP contribution in [0.5, 0.6) is 5.75 Å². The molecule has 0 bridgehead atoms.